The molecule has 3 aromatic rings. The second kappa shape index (κ2) is 8.12. The van der Waals surface area contributed by atoms with E-state index < -0.39 is 0 Å². The van der Waals surface area contributed by atoms with Gasteiger partial charge in [-0.3, -0.25) is 4.99 Å². The molecular formula is C21H25N6O+. The molecule has 0 radical (unpaired) electrons. The summed E-state index contributed by atoms with van der Waals surface area (Å²) in [7, 11) is 4.14. The number of nitrogens with zero attached hydrogens (tertiary/aromatic N) is 4. The molecule has 7 heteroatoms. The smallest absolute Gasteiger partial charge is 0.295 e. The molecule has 28 heavy (non-hydrogen) atoms. The third-order valence-electron chi connectivity index (χ3n) is 4.91. The summed E-state index contributed by atoms with van der Waals surface area (Å²) in [4.78, 5) is 4.31. The first-order chi connectivity index (χ1) is 13.7. The number of rotatable bonds is 5. The summed E-state index contributed by atoms with van der Waals surface area (Å²) in [6.45, 7) is 2.27. The quantitative estimate of drug-likeness (QED) is 0.405. The Labute approximate surface area is 164 Å². The third-order valence-corrected chi connectivity index (χ3v) is 4.91. The van der Waals surface area contributed by atoms with Crippen LogP contribution in [0.5, 0.6) is 5.75 Å². The summed E-state index contributed by atoms with van der Waals surface area (Å²) in [5.74, 6) is 2.66. The van der Waals surface area contributed by atoms with Gasteiger partial charge in [-0.2, -0.15) is 5.10 Å². The van der Waals surface area contributed by atoms with Gasteiger partial charge in [0.05, 0.1) is 20.3 Å². The average Bonchev–Trinajstić information content (AvgIpc) is 2.99. The first-order valence-electron chi connectivity index (χ1n) is 9.45. The Kier molecular flexibility index (Phi) is 5.23. The minimum absolute atomic E-state index is 0.502. The maximum Gasteiger partial charge on any atom is 0.295 e. The minimum Gasteiger partial charge on any atom is -0.481 e. The predicted octanol–water partition coefficient (Wildman–Crippen LogP) is 1.85. The molecule has 0 saturated heterocycles. The number of nitrogens with one attached hydrogen (secondary N) is 2. The third kappa shape index (κ3) is 3.83. The number of hydrazone groups is 1. The van der Waals surface area contributed by atoms with Crippen molar-refractivity contribution in [2.24, 2.45) is 24.2 Å². The van der Waals surface area contributed by atoms with Crippen molar-refractivity contribution in [3.8, 4) is 5.75 Å². The number of guanidine groups is 1. The van der Waals surface area contributed by atoms with Gasteiger partial charge >= 0.3 is 0 Å². The fourth-order valence-electron chi connectivity index (χ4n) is 3.30. The Balaban J connectivity index is 1.38. The molecule has 1 aliphatic rings. The van der Waals surface area contributed by atoms with Crippen molar-refractivity contribution in [3.05, 3.63) is 59.9 Å². The molecule has 0 fully saturated rings. The number of benzene rings is 2. The Morgan fingerprint density at radius 2 is 2.07 bits per heavy atom. The fraction of sp³-hybridized carbons (Fsp3) is 0.286. The molecule has 0 atom stereocenters. The fourth-order valence-corrected chi connectivity index (χ4v) is 3.30. The molecule has 7 nitrogen and oxygen atoms in total. The van der Waals surface area contributed by atoms with Crippen molar-refractivity contribution in [2.75, 3.05) is 13.1 Å². The molecule has 2 aromatic carbocycles. The van der Waals surface area contributed by atoms with Gasteiger partial charge in [0.1, 0.15) is 5.75 Å². The van der Waals surface area contributed by atoms with Gasteiger partial charge in [-0.15, -0.1) is 0 Å². The SMILES string of the molecule is Cn1c(COc2ccc(/C=N/NC3=NCCCN3)cc2)[n+](C)c2ccccc21. The van der Waals surface area contributed by atoms with Crippen LogP contribution in [0.2, 0.25) is 0 Å². The zero-order valence-electron chi connectivity index (χ0n) is 16.2. The van der Waals surface area contributed by atoms with E-state index >= 15 is 0 Å². The Morgan fingerprint density at radius 3 is 2.82 bits per heavy atom. The van der Waals surface area contributed by atoms with Crippen LogP contribution in [0.4, 0.5) is 0 Å². The number of aryl methyl sites for hydroxylation is 2. The van der Waals surface area contributed by atoms with Crippen LogP contribution >= 0.6 is 0 Å². The van der Waals surface area contributed by atoms with Crippen molar-refractivity contribution in [2.45, 2.75) is 13.0 Å². The van der Waals surface area contributed by atoms with Gasteiger partial charge in [-0.25, -0.2) is 14.6 Å². The van der Waals surface area contributed by atoms with Gasteiger partial charge in [-0.1, -0.05) is 12.1 Å². The molecule has 0 aliphatic carbocycles. The first-order valence-corrected chi connectivity index (χ1v) is 9.45. The molecular weight excluding hydrogens is 352 g/mol. The highest BCUT2D eigenvalue weighted by molar-refractivity contribution is 5.84. The summed E-state index contributed by atoms with van der Waals surface area (Å²) in [5.41, 5.74) is 6.31. The molecule has 1 aliphatic heterocycles. The van der Waals surface area contributed by atoms with Gasteiger partial charge < -0.3 is 10.1 Å². The number of hydrogen-bond donors (Lipinski definition) is 2. The summed E-state index contributed by atoms with van der Waals surface area (Å²) < 4.78 is 10.3. The van der Waals surface area contributed by atoms with E-state index in [1.807, 2.05) is 24.3 Å². The van der Waals surface area contributed by atoms with Crippen LogP contribution in [0, 0.1) is 0 Å². The lowest BCUT2D eigenvalue weighted by molar-refractivity contribution is -0.655. The van der Waals surface area contributed by atoms with Gasteiger partial charge in [0.15, 0.2) is 17.6 Å². The van der Waals surface area contributed by atoms with E-state index in [1.54, 1.807) is 6.21 Å². The van der Waals surface area contributed by atoms with Crippen LogP contribution in [-0.2, 0) is 20.7 Å². The Bertz CT molecular complexity index is 980. The number of imidazole rings is 1. The number of hydrogen-bond acceptors (Lipinski definition) is 5. The predicted molar refractivity (Wildman–Crippen MR) is 111 cm³/mol. The first kappa shape index (κ1) is 18.0. The summed E-state index contributed by atoms with van der Waals surface area (Å²) in [6.07, 6.45) is 2.83. The Morgan fingerprint density at radius 1 is 1.25 bits per heavy atom. The summed E-state index contributed by atoms with van der Waals surface area (Å²) >= 11 is 0. The van der Waals surface area contributed by atoms with Crippen molar-refractivity contribution >= 4 is 23.2 Å². The van der Waals surface area contributed by atoms with Crippen molar-refractivity contribution in [1.29, 1.82) is 0 Å². The zero-order chi connectivity index (χ0) is 19.3. The van der Waals surface area contributed by atoms with Crippen LogP contribution < -0.4 is 20.0 Å². The van der Waals surface area contributed by atoms with Crippen molar-refractivity contribution < 1.29 is 9.30 Å². The van der Waals surface area contributed by atoms with E-state index in [1.165, 1.54) is 11.0 Å². The van der Waals surface area contributed by atoms with Crippen molar-refractivity contribution in [3.63, 3.8) is 0 Å². The molecule has 2 heterocycles. The number of aromatic nitrogens is 2. The van der Waals surface area contributed by atoms with Crippen molar-refractivity contribution in [1.82, 2.24) is 15.3 Å². The molecule has 0 bridgehead atoms. The highest BCUT2D eigenvalue weighted by Gasteiger charge is 2.19. The van der Waals surface area contributed by atoms with Crippen LogP contribution in [0.1, 0.15) is 17.8 Å². The van der Waals surface area contributed by atoms with Gasteiger partial charge in [0.2, 0.25) is 5.96 Å². The van der Waals surface area contributed by atoms with Crippen LogP contribution in [0.25, 0.3) is 11.0 Å². The number of para-hydroxylation sites is 2. The maximum absolute atomic E-state index is 6.01. The maximum atomic E-state index is 6.01. The topological polar surface area (TPSA) is 66.8 Å². The standard InChI is InChI=1S/C21H25N6O/c1-26-18-6-3-4-7-19(18)27(2)20(26)15-28-17-10-8-16(9-11-17)14-24-25-21-22-12-5-13-23-21/h3-4,6-11,14H,5,12-13,15H2,1-2H3,(H2,22,23,25)/q+1/b24-14+. The van der Waals surface area contributed by atoms with E-state index in [-0.39, 0.29) is 0 Å². The van der Waals surface area contributed by atoms with E-state index in [4.69, 9.17) is 4.74 Å². The van der Waals surface area contributed by atoms with E-state index in [2.05, 4.69) is 68.3 Å². The lowest BCUT2D eigenvalue weighted by atomic mass is 10.2. The van der Waals surface area contributed by atoms with Crippen LogP contribution in [-0.4, -0.2) is 29.8 Å². The number of fused-ring (bicyclic) bond motifs is 1. The van der Waals surface area contributed by atoms with E-state index in [0.717, 1.165) is 42.6 Å². The summed E-state index contributed by atoms with van der Waals surface area (Å²) in [5, 5.41) is 7.39. The molecule has 0 amide bonds. The van der Waals surface area contributed by atoms with Gasteiger partial charge in [0.25, 0.3) is 5.82 Å². The van der Waals surface area contributed by atoms with Crippen LogP contribution in [0.3, 0.4) is 0 Å². The average molecular weight is 377 g/mol. The van der Waals surface area contributed by atoms with E-state index in [0.29, 0.717) is 6.61 Å². The number of aliphatic imine (C=N–C) groups is 1. The Hall–Kier alpha value is -3.35. The monoisotopic (exact) mass is 377 g/mol. The molecule has 0 saturated carbocycles. The van der Waals surface area contributed by atoms with Crippen LogP contribution in [0.15, 0.2) is 58.6 Å². The lowest BCUT2D eigenvalue weighted by Gasteiger charge is -2.12. The molecule has 4 rings (SSSR count). The summed E-state index contributed by atoms with van der Waals surface area (Å²) in [6, 6.07) is 16.2. The molecule has 2 N–H and O–H groups in total. The lowest BCUT2D eigenvalue weighted by Crippen LogP contribution is -2.38. The molecule has 0 unspecified atom stereocenters. The molecule has 1 aromatic heterocycles. The highest BCUT2D eigenvalue weighted by Crippen LogP contribution is 2.16. The number of ether oxygens (including phenoxy) is 1. The molecule has 0 spiro atoms. The van der Waals surface area contributed by atoms with Gasteiger partial charge in [-0.05, 0) is 48.4 Å². The second-order valence-corrected chi connectivity index (χ2v) is 6.76. The largest absolute Gasteiger partial charge is 0.481 e. The highest BCUT2D eigenvalue weighted by atomic mass is 16.5. The zero-order valence-corrected chi connectivity index (χ0v) is 16.2. The minimum atomic E-state index is 0.502. The molecule has 144 valence electrons. The normalized spacial score (nSPS) is 14.1. The van der Waals surface area contributed by atoms with Gasteiger partial charge in [0, 0.05) is 13.1 Å². The van der Waals surface area contributed by atoms with E-state index in [9.17, 15) is 0 Å². The second-order valence-electron chi connectivity index (χ2n) is 6.76.